The zero-order valence-electron chi connectivity index (χ0n) is 12.1. The number of esters is 1. The Morgan fingerprint density at radius 1 is 1.09 bits per heavy atom. The van der Waals surface area contributed by atoms with E-state index >= 15 is 0 Å². The molecule has 2 aromatic carbocycles. The Morgan fingerprint density at radius 2 is 1.74 bits per heavy atom. The molecule has 0 radical (unpaired) electrons. The molecule has 0 amide bonds. The highest BCUT2D eigenvalue weighted by Gasteiger charge is 2.36. The van der Waals surface area contributed by atoms with E-state index < -0.39 is 15.8 Å². The van der Waals surface area contributed by atoms with E-state index in [0.29, 0.717) is 5.69 Å². The van der Waals surface area contributed by atoms with Crippen LogP contribution in [0.25, 0.3) is 0 Å². The van der Waals surface area contributed by atoms with Crippen LogP contribution < -0.4 is 4.90 Å². The summed E-state index contributed by atoms with van der Waals surface area (Å²) in [6.07, 6.45) is 1.30. The first kappa shape index (κ1) is 15.8. The molecule has 0 spiro atoms. The van der Waals surface area contributed by atoms with Crippen molar-refractivity contribution < 1.29 is 17.9 Å². The minimum absolute atomic E-state index is 0.0748. The maximum atomic E-state index is 12.6. The summed E-state index contributed by atoms with van der Waals surface area (Å²) in [7, 11) is -2.75. The molecule has 0 aromatic heterocycles. The molecular weight excluding hydrogens is 382 g/mol. The molecule has 0 aliphatic carbocycles. The molecule has 0 bridgehead atoms. The Balaban J connectivity index is 2.25. The Hall–Kier alpha value is -2.12. The van der Waals surface area contributed by atoms with Crippen LogP contribution in [-0.4, -0.2) is 21.5 Å². The summed E-state index contributed by atoms with van der Waals surface area (Å²) in [5, 5.41) is 0. The van der Waals surface area contributed by atoms with Gasteiger partial charge in [0.05, 0.1) is 17.7 Å². The molecule has 0 atom stereocenters. The molecular formula is C16H12BrNO4S. The van der Waals surface area contributed by atoms with Crippen LogP contribution in [0.15, 0.2) is 69.0 Å². The molecule has 23 heavy (non-hydrogen) atoms. The first-order valence-electron chi connectivity index (χ1n) is 6.64. The molecule has 1 aliphatic heterocycles. The molecule has 0 fully saturated rings. The number of fused-ring (bicyclic) bond motifs is 1. The third-order valence-electron chi connectivity index (χ3n) is 3.44. The molecule has 5 nitrogen and oxygen atoms in total. The van der Waals surface area contributed by atoms with Gasteiger partial charge in [-0.1, -0.05) is 28.1 Å². The maximum Gasteiger partial charge on any atom is 0.351 e. The number of carbonyl (C=O) groups excluding carboxylic acids is 1. The Morgan fingerprint density at radius 3 is 2.39 bits per heavy atom. The molecule has 1 aliphatic rings. The highest BCUT2D eigenvalue weighted by molar-refractivity contribution is 9.10. The number of ether oxygens (including phenoxy) is 1. The second kappa shape index (κ2) is 5.82. The largest absolute Gasteiger partial charge is 0.465 e. The van der Waals surface area contributed by atoms with Crippen molar-refractivity contribution in [3.63, 3.8) is 0 Å². The van der Waals surface area contributed by atoms with Crippen LogP contribution in [0, 0.1) is 0 Å². The average Bonchev–Trinajstić information content (AvgIpc) is 2.55. The predicted molar refractivity (Wildman–Crippen MR) is 90.0 cm³/mol. The summed E-state index contributed by atoms with van der Waals surface area (Å²) >= 11 is 3.36. The fraction of sp³-hybridized carbons (Fsp3) is 0.0625. The number of sulfone groups is 1. The van der Waals surface area contributed by atoms with Gasteiger partial charge in [-0.2, -0.15) is 0 Å². The van der Waals surface area contributed by atoms with Crippen LogP contribution in [0.2, 0.25) is 0 Å². The number of benzene rings is 2. The molecule has 3 rings (SSSR count). The molecule has 0 saturated heterocycles. The second-order valence-electron chi connectivity index (χ2n) is 4.80. The normalized spacial score (nSPS) is 15.6. The summed E-state index contributed by atoms with van der Waals surface area (Å²) in [6.45, 7) is 0. The fourth-order valence-corrected chi connectivity index (χ4v) is 4.08. The quantitative estimate of drug-likeness (QED) is 0.731. The summed E-state index contributed by atoms with van der Waals surface area (Å²) < 4.78 is 30.8. The van der Waals surface area contributed by atoms with E-state index in [4.69, 9.17) is 0 Å². The standard InChI is InChI=1S/C16H12BrNO4S/c1-22-16(19)15-10-18(12-8-6-11(17)7-9-12)13-4-2-3-5-14(13)23(15,20)21/h2-10H,1H3. The van der Waals surface area contributed by atoms with Gasteiger partial charge in [-0.05, 0) is 36.4 Å². The van der Waals surface area contributed by atoms with Crippen molar-refractivity contribution in [1.29, 1.82) is 0 Å². The Kier molecular flexibility index (Phi) is 3.99. The lowest BCUT2D eigenvalue weighted by atomic mass is 10.2. The van der Waals surface area contributed by atoms with Gasteiger partial charge in [0.1, 0.15) is 0 Å². The van der Waals surface area contributed by atoms with Crippen LogP contribution in [0.1, 0.15) is 0 Å². The number of hydrogen-bond acceptors (Lipinski definition) is 5. The van der Waals surface area contributed by atoms with Crippen LogP contribution in [0.3, 0.4) is 0 Å². The topological polar surface area (TPSA) is 63.7 Å². The van der Waals surface area contributed by atoms with E-state index in [0.717, 1.165) is 17.3 Å². The lowest BCUT2D eigenvalue weighted by molar-refractivity contribution is -0.135. The van der Waals surface area contributed by atoms with E-state index in [1.54, 1.807) is 23.1 Å². The number of hydrogen-bond donors (Lipinski definition) is 0. The summed E-state index contributed by atoms with van der Waals surface area (Å²) in [5.74, 6) is -0.887. The van der Waals surface area contributed by atoms with E-state index in [-0.39, 0.29) is 9.80 Å². The van der Waals surface area contributed by atoms with E-state index in [9.17, 15) is 13.2 Å². The molecule has 0 N–H and O–H groups in total. The van der Waals surface area contributed by atoms with Crippen molar-refractivity contribution in [2.45, 2.75) is 4.90 Å². The number of para-hydroxylation sites is 1. The van der Waals surface area contributed by atoms with Gasteiger partial charge in [-0.15, -0.1) is 0 Å². The van der Waals surface area contributed by atoms with Gasteiger partial charge in [-0.3, -0.25) is 0 Å². The third kappa shape index (κ3) is 2.66. The van der Waals surface area contributed by atoms with Gasteiger partial charge in [-0.25, -0.2) is 13.2 Å². The van der Waals surface area contributed by atoms with Crippen molar-refractivity contribution in [1.82, 2.24) is 0 Å². The van der Waals surface area contributed by atoms with Crippen LogP contribution in [0.4, 0.5) is 11.4 Å². The van der Waals surface area contributed by atoms with Crippen LogP contribution in [0.5, 0.6) is 0 Å². The highest BCUT2D eigenvalue weighted by atomic mass is 79.9. The first-order valence-corrected chi connectivity index (χ1v) is 8.92. The maximum absolute atomic E-state index is 12.6. The minimum Gasteiger partial charge on any atom is -0.465 e. The SMILES string of the molecule is COC(=O)C1=CN(c2ccc(Br)cc2)c2ccccc2S1(=O)=O. The smallest absolute Gasteiger partial charge is 0.351 e. The molecule has 0 unspecified atom stereocenters. The number of carbonyl (C=O) groups is 1. The van der Waals surface area contributed by atoms with Crippen LogP contribution >= 0.6 is 15.9 Å². The zero-order chi connectivity index (χ0) is 16.6. The summed E-state index contributed by atoms with van der Waals surface area (Å²) in [6, 6.07) is 13.9. The number of rotatable bonds is 2. The summed E-state index contributed by atoms with van der Waals surface area (Å²) in [4.78, 5) is 13.3. The van der Waals surface area contributed by atoms with Gasteiger partial charge in [0.25, 0.3) is 0 Å². The van der Waals surface area contributed by atoms with Gasteiger partial charge in [0, 0.05) is 16.4 Å². The molecule has 7 heteroatoms. The molecule has 118 valence electrons. The number of anilines is 2. The van der Waals surface area contributed by atoms with Gasteiger partial charge in [0.15, 0.2) is 4.91 Å². The van der Waals surface area contributed by atoms with Crippen molar-refractivity contribution in [2.75, 3.05) is 12.0 Å². The number of nitrogens with zero attached hydrogens (tertiary/aromatic N) is 1. The summed E-state index contributed by atoms with van der Waals surface area (Å²) in [5.41, 5.74) is 1.22. The van der Waals surface area contributed by atoms with Gasteiger partial charge < -0.3 is 9.64 Å². The van der Waals surface area contributed by atoms with Gasteiger partial charge in [0.2, 0.25) is 9.84 Å². The van der Waals surface area contributed by atoms with Crippen LogP contribution in [-0.2, 0) is 19.4 Å². The second-order valence-corrected chi connectivity index (χ2v) is 7.60. The molecule has 1 heterocycles. The van der Waals surface area contributed by atoms with Crippen molar-refractivity contribution in [3.05, 3.63) is 64.1 Å². The van der Waals surface area contributed by atoms with E-state index in [1.165, 1.54) is 12.3 Å². The highest BCUT2D eigenvalue weighted by Crippen LogP contribution is 2.39. The number of halogens is 1. The molecule has 2 aromatic rings. The molecule has 0 saturated carbocycles. The van der Waals surface area contributed by atoms with Crippen molar-refractivity contribution in [2.24, 2.45) is 0 Å². The average molecular weight is 394 g/mol. The van der Waals surface area contributed by atoms with Gasteiger partial charge >= 0.3 is 5.97 Å². The third-order valence-corrected chi connectivity index (χ3v) is 5.75. The Bertz CT molecular complexity index is 904. The first-order chi connectivity index (χ1) is 10.9. The predicted octanol–water partition coefficient (Wildman–Crippen LogP) is 3.39. The van der Waals surface area contributed by atoms with Crippen molar-refractivity contribution in [3.8, 4) is 0 Å². The lowest BCUT2D eigenvalue weighted by Gasteiger charge is -2.28. The zero-order valence-corrected chi connectivity index (χ0v) is 14.5. The minimum atomic E-state index is -3.91. The Labute approximate surface area is 142 Å². The fourth-order valence-electron chi connectivity index (χ4n) is 2.34. The van der Waals surface area contributed by atoms with E-state index in [2.05, 4.69) is 20.7 Å². The number of methoxy groups -OCH3 is 1. The van der Waals surface area contributed by atoms with Crippen molar-refractivity contribution >= 4 is 43.1 Å². The lowest BCUT2D eigenvalue weighted by Crippen LogP contribution is -2.26. The van der Waals surface area contributed by atoms with E-state index in [1.807, 2.05) is 24.3 Å². The monoisotopic (exact) mass is 393 g/mol.